The largest absolute Gasteiger partial charge is 0.378 e. The van der Waals surface area contributed by atoms with E-state index in [9.17, 15) is 4.79 Å². The van der Waals surface area contributed by atoms with Crippen molar-refractivity contribution in [3.63, 3.8) is 0 Å². The molecule has 0 aliphatic carbocycles. The molecule has 0 radical (unpaired) electrons. The van der Waals surface area contributed by atoms with Gasteiger partial charge in [0.05, 0.1) is 6.10 Å². The Morgan fingerprint density at radius 1 is 1.39 bits per heavy atom. The van der Waals surface area contributed by atoms with E-state index in [-0.39, 0.29) is 11.9 Å². The molecule has 18 heavy (non-hydrogen) atoms. The summed E-state index contributed by atoms with van der Waals surface area (Å²) >= 11 is 0. The highest BCUT2D eigenvalue weighted by Crippen LogP contribution is 2.20. The van der Waals surface area contributed by atoms with E-state index in [1.807, 2.05) is 4.90 Å². The Kier molecular flexibility index (Phi) is 5.01. The van der Waals surface area contributed by atoms with Crippen LogP contribution in [0.4, 0.5) is 0 Å². The summed E-state index contributed by atoms with van der Waals surface area (Å²) in [6.07, 6.45) is 7.23. The van der Waals surface area contributed by atoms with Gasteiger partial charge < -0.3 is 15.4 Å². The molecule has 0 saturated carbocycles. The summed E-state index contributed by atoms with van der Waals surface area (Å²) in [5.41, 5.74) is 5.92. The van der Waals surface area contributed by atoms with Crippen LogP contribution < -0.4 is 5.73 Å². The minimum absolute atomic E-state index is 0.269. The van der Waals surface area contributed by atoms with Gasteiger partial charge in [0.25, 0.3) is 0 Å². The lowest BCUT2D eigenvalue weighted by atomic mass is 9.98. The summed E-state index contributed by atoms with van der Waals surface area (Å²) in [5.74, 6) is 0.281. The summed E-state index contributed by atoms with van der Waals surface area (Å²) in [6, 6.07) is 0.569. The SMILES string of the molecule is CC1CC(N)CCN1C(=O)CCC1CCCCO1. The molecule has 1 amide bonds. The number of nitrogens with two attached hydrogens (primary N) is 1. The van der Waals surface area contributed by atoms with Crippen molar-refractivity contribution in [1.82, 2.24) is 4.90 Å². The van der Waals surface area contributed by atoms with Crippen molar-refractivity contribution in [2.45, 2.75) is 70.1 Å². The van der Waals surface area contributed by atoms with Gasteiger partial charge in [-0.05, 0) is 45.4 Å². The smallest absolute Gasteiger partial charge is 0.222 e. The third-order valence-corrected chi connectivity index (χ3v) is 4.19. The molecule has 2 saturated heterocycles. The number of carbonyl (C=O) groups excluding carboxylic acids is 1. The third-order valence-electron chi connectivity index (χ3n) is 4.19. The van der Waals surface area contributed by atoms with E-state index in [0.717, 1.165) is 38.8 Å². The Bertz CT molecular complexity index is 277. The fraction of sp³-hybridized carbons (Fsp3) is 0.929. The van der Waals surface area contributed by atoms with E-state index in [4.69, 9.17) is 10.5 Å². The topological polar surface area (TPSA) is 55.6 Å². The Labute approximate surface area is 110 Å². The van der Waals surface area contributed by atoms with Gasteiger partial charge in [-0.15, -0.1) is 0 Å². The van der Waals surface area contributed by atoms with Gasteiger partial charge in [-0.3, -0.25) is 4.79 Å². The second kappa shape index (κ2) is 6.53. The highest BCUT2D eigenvalue weighted by molar-refractivity contribution is 5.76. The molecular weight excluding hydrogens is 228 g/mol. The van der Waals surface area contributed by atoms with Crippen LogP contribution in [-0.4, -0.2) is 42.1 Å². The van der Waals surface area contributed by atoms with Crippen LogP contribution in [0.15, 0.2) is 0 Å². The Morgan fingerprint density at radius 2 is 2.22 bits per heavy atom. The first-order valence-electron chi connectivity index (χ1n) is 7.33. The number of amides is 1. The summed E-state index contributed by atoms with van der Waals surface area (Å²) in [5, 5.41) is 0. The van der Waals surface area contributed by atoms with E-state index < -0.39 is 0 Å². The molecule has 0 aromatic carbocycles. The number of hydrogen-bond donors (Lipinski definition) is 1. The molecule has 4 nitrogen and oxygen atoms in total. The van der Waals surface area contributed by atoms with E-state index >= 15 is 0 Å². The molecule has 0 bridgehead atoms. The first-order valence-corrected chi connectivity index (χ1v) is 7.33. The zero-order valence-electron chi connectivity index (χ0n) is 11.4. The van der Waals surface area contributed by atoms with Gasteiger partial charge in [-0.25, -0.2) is 0 Å². The molecule has 0 aromatic rings. The van der Waals surface area contributed by atoms with Gasteiger partial charge in [0, 0.05) is 31.7 Å². The van der Waals surface area contributed by atoms with Crippen molar-refractivity contribution >= 4 is 5.91 Å². The van der Waals surface area contributed by atoms with Crippen LogP contribution in [0.1, 0.15) is 51.9 Å². The molecule has 2 heterocycles. The number of hydrogen-bond acceptors (Lipinski definition) is 3. The lowest BCUT2D eigenvalue weighted by molar-refractivity contribution is -0.135. The van der Waals surface area contributed by atoms with Gasteiger partial charge in [0.2, 0.25) is 5.91 Å². The van der Waals surface area contributed by atoms with Crippen LogP contribution in [0.5, 0.6) is 0 Å². The summed E-state index contributed by atoms with van der Waals surface area (Å²) in [4.78, 5) is 14.2. The van der Waals surface area contributed by atoms with Crippen LogP contribution >= 0.6 is 0 Å². The van der Waals surface area contributed by atoms with Crippen molar-refractivity contribution < 1.29 is 9.53 Å². The fourth-order valence-corrected chi connectivity index (χ4v) is 3.04. The van der Waals surface area contributed by atoms with E-state index in [0.29, 0.717) is 18.6 Å². The zero-order valence-corrected chi connectivity index (χ0v) is 11.4. The first kappa shape index (κ1) is 13.8. The van der Waals surface area contributed by atoms with Crippen LogP contribution in [0.25, 0.3) is 0 Å². The molecule has 2 aliphatic rings. The number of piperidine rings is 1. The van der Waals surface area contributed by atoms with Gasteiger partial charge in [0.1, 0.15) is 0 Å². The molecule has 2 aliphatic heterocycles. The average Bonchev–Trinajstić information content (AvgIpc) is 2.37. The second-order valence-electron chi connectivity index (χ2n) is 5.75. The summed E-state index contributed by atoms with van der Waals surface area (Å²) < 4.78 is 5.67. The minimum Gasteiger partial charge on any atom is -0.378 e. The number of likely N-dealkylation sites (tertiary alicyclic amines) is 1. The molecule has 3 atom stereocenters. The molecule has 0 aromatic heterocycles. The second-order valence-corrected chi connectivity index (χ2v) is 5.75. The Morgan fingerprint density at radius 3 is 2.89 bits per heavy atom. The normalized spacial score (nSPS) is 33.4. The lowest BCUT2D eigenvalue weighted by Gasteiger charge is -2.36. The van der Waals surface area contributed by atoms with Crippen molar-refractivity contribution in [2.24, 2.45) is 5.73 Å². The van der Waals surface area contributed by atoms with Crippen molar-refractivity contribution in [3.8, 4) is 0 Å². The van der Waals surface area contributed by atoms with Crippen LogP contribution in [0.2, 0.25) is 0 Å². The minimum atomic E-state index is 0.269. The molecule has 0 spiro atoms. The zero-order chi connectivity index (χ0) is 13.0. The molecule has 3 unspecified atom stereocenters. The maximum Gasteiger partial charge on any atom is 0.222 e. The molecule has 2 N–H and O–H groups in total. The molecule has 4 heteroatoms. The molecule has 104 valence electrons. The monoisotopic (exact) mass is 254 g/mol. The number of ether oxygens (including phenoxy) is 1. The number of nitrogens with zero attached hydrogens (tertiary/aromatic N) is 1. The third kappa shape index (κ3) is 3.69. The predicted octanol–water partition coefficient (Wildman–Crippen LogP) is 1.67. The van der Waals surface area contributed by atoms with E-state index in [1.54, 1.807) is 0 Å². The molecule has 2 fully saturated rings. The fourth-order valence-electron chi connectivity index (χ4n) is 3.04. The van der Waals surface area contributed by atoms with Gasteiger partial charge in [-0.2, -0.15) is 0 Å². The Hall–Kier alpha value is -0.610. The predicted molar refractivity (Wildman–Crippen MR) is 71.2 cm³/mol. The van der Waals surface area contributed by atoms with E-state index in [2.05, 4.69) is 6.92 Å². The van der Waals surface area contributed by atoms with Crippen molar-refractivity contribution in [3.05, 3.63) is 0 Å². The molecular formula is C14H26N2O2. The quantitative estimate of drug-likeness (QED) is 0.833. The Balaban J connectivity index is 1.73. The van der Waals surface area contributed by atoms with Crippen molar-refractivity contribution in [1.29, 1.82) is 0 Å². The lowest BCUT2D eigenvalue weighted by Crippen LogP contribution is -2.48. The first-order chi connectivity index (χ1) is 8.66. The average molecular weight is 254 g/mol. The number of rotatable bonds is 3. The van der Waals surface area contributed by atoms with Crippen LogP contribution in [-0.2, 0) is 9.53 Å². The van der Waals surface area contributed by atoms with Crippen LogP contribution in [0.3, 0.4) is 0 Å². The van der Waals surface area contributed by atoms with Crippen molar-refractivity contribution in [2.75, 3.05) is 13.2 Å². The van der Waals surface area contributed by atoms with Gasteiger partial charge in [-0.1, -0.05) is 0 Å². The van der Waals surface area contributed by atoms with E-state index in [1.165, 1.54) is 12.8 Å². The standard InChI is InChI=1S/C14H26N2O2/c1-11-10-12(15)7-8-16(11)14(17)6-5-13-4-2-3-9-18-13/h11-13H,2-10,15H2,1H3. The molecule has 2 rings (SSSR count). The summed E-state index contributed by atoms with van der Waals surface area (Å²) in [7, 11) is 0. The summed E-state index contributed by atoms with van der Waals surface area (Å²) in [6.45, 7) is 3.80. The van der Waals surface area contributed by atoms with Gasteiger partial charge >= 0.3 is 0 Å². The van der Waals surface area contributed by atoms with Gasteiger partial charge in [0.15, 0.2) is 0 Å². The maximum absolute atomic E-state index is 12.2. The maximum atomic E-state index is 12.2. The highest BCUT2D eigenvalue weighted by Gasteiger charge is 2.27. The highest BCUT2D eigenvalue weighted by atomic mass is 16.5. The number of carbonyl (C=O) groups is 1. The van der Waals surface area contributed by atoms with Crippen LogP contribution in [0, 0.1) is 0 Å².